The van der Waals surface area contributed by atoms with Crippen LogP contribution < -0.4 is 18.9 Å². The summed E-state index contributed by atoms with van der Waals surface area (Å²) in [6, 6.07) is 33.5. The Morgan fingerprint density at radius 3 is 1.34 bits per heavy atom. The normalized spacial score (nSPS) is 23.7. The predicted octanol–water partition coefficient (Wildman–Crippen LogP) is 5.41. The number of hydrogen-bond donors (Lipinski definition) is 0. The highest BCUT2D eigenvalue weighted by molar-refractivity contribution is 5.90. The van der Waals surface area contributed by atoms with Gasteiger partial charge in [0.2, 0.25) is 12.2 Å². The van der Waals surface area contributed by atoms with E-state index < -0.39 is 12.2 Å². The van der Waals surface area contributed by atoms with Crippen molar-refractivity contribution >= 4 is 11.8 Å². The molecule has 4 aromatic rings. The van der Waals surface area contributed by atoms with Crippen molar-refractivity contribution in [3.63, 3.8) is 0 Å². The molecular formula is C40H40N2O8. The first-order chi connectivity index (χ1) is 24.7. The van der Waals surface area contributed by atoms with Gasteiger partial charge in [0, 0.05) is 24.2 Å². The molecule has 0 radical (unpaired) electrons. The number of fused-ring (bicyclic) bond motifs is 6. The number of benzene rings is 4. The predicted molar refractivity (Wildman–Crippen MR) is 185 cm³/mol. The lowest BCUT2D eigenvalue weighted by atomic mass is 9.89. The van der Waals surface area contributed by atoms with Gasteiger partial charge in [-0.05, 0) is 48.6 Å². The van der Waals surface area contributed by atoms with Crippen molar-refractivity contribution in [2.45, 2.75) is 24.3 Å². The second kappa shape index (κ2) is 15.9. The van der Waals surface area contributed by atoms with Gasteiger partial charge < -0.3 is 38.2 Å². The minimum absolute atomic E-state index is 0.108. The molecule has 2 saturated heterocycles. The van der Waals surface area contributed by atoms with Crippen molar-refractivity contribution in [1.82, 2.24) is 9.80 Å². The van der Waals surface area contributed by atoms with Crippen LogP contribution in [-0.2, 0) is 19.1 Å². The van der Waals surface area contributed by atoms with E-state index in [-0.39, 0.29) is 23.9 Å². The Morgan fingerprint density at radius 1 is 0.500 bits per heavy atom. The maximum absolute atomic E-state index is 13.4. The van der Waals surface area contributed by atoms with Crippen LogP contribution in [0.5, 0.6) is 23.0 Å². The molecule has 258 valence electrons. The highest BCUT2D eigenvalue weighted by Crippen LogP contribution is 2.42. The van der Waals surface area contributed by atoms with Crippen LogP contribution in [-0.4, -0.2) is 86.6 Å². The quantitative estimate of drug-likeness (QED) is 0.209. The lowest BCUT2D eigenvalue weighted by Gasteiger charge is -2.47. The first-order valence-electron chi connectivity index (χ1n) is 17.0. The molecule has 3 aliphatic rings. The van der Waals surface area contributed by atoms with Gasteiger partial charge in [-0.2, -0.15) is 0 Å². The molecule has 4 aromatic carbocycles. The van der Waals surface area contributed by atoms with Crippen molar-refractivity contribution in [2.75, 3.05) is 52.7 Å². The van der Waals surface area contributed by atoms with Crippen molar-refractivity contribution in [1.29, 1.82) is 0 Å². The summed E-state index contributed by atoms with van der Waals surface area (Å²) in [5, 5.41) is 0. The maximum Gasteiger partial charge on any atom is 0.266 e. The summed E-state index contributed by atoms with van der Waals surface area (Å²) in [4.78, 5) is 30.3. The summed E-state index contributed by atoms with van der Waals surface area (Å²) in [6.07, 6.45) is 2.42. The van der Waals surface area contributed by atoms with Crippen LogP contribution in [0.1, 0.15) is 23.2 Å². The molecule has 10 nitrogen and oxygen atoms in total. The Morgan fingerprint density at radius 2 is 0.900 bits per heavy atom. The highest BCUT2D eigenvalue weighted by Gasteiger charge is 2.52. The van der Waals surface area contributed by atoms with Crippen molar-refractivity contribution in [3.05, 3.63) is 132 Å². The van der Waals surface area contributed by atoms with Crippen molar-refractivity contribution in [3.8, 4) is 23.0 Å². The van der Waals surface area contributed by atoms with Crippen LogP contribution >= 0.6 is 0 Å². The molecule has 10 heteroatoms. The number of ether oxygens (including phenoxy) is 6. The number of hydrogen-bond acceptors (Lipinski definition) is 8. The van der Waals surface area contributed by atoms with E-state index in [1.807, 2.05) is 121 Å². The molecular weight excluding hydrogens is 636 g/mol. The molecule has 2 amide bonds. The Kier molecular flexibility index (Phi) is 10.6. The van der Waals surface area contributed by atoms with Crippen molar-refractivity contribution in [2.24, 2.45) is 0 Å². The van der Waals surface area contributed by atoms with Crippen LogP contribution in [0.4, 0.5) is 0 Å². The summed E-state index contributed by atoms with van der Waals surface area (Å²) < 4.78 is 36.6. The fourth-order valence-corrected chi connectivity index (χ4v) is 6.49. The minimum Gasteiger partial charge on any atom is -0.489 e. The second-order valence-corrected chi connectivity index (χ2v) is 12.0. The molecule has 0 N–H and O–H groups in total. The summed E-state index contributed by atoms with van der Waals surface area (Å²) in [7, 11) is 0. The first-order valence-corrected chi connectivity index (χ1v) is 17.0. The van der Waals surface area contributed by atoms with Gasteiger partial charge in [0.1, 0.15) is 48.3 Å². The summed E-state index contributed by atoms with van der Waals surface area (Å²) in [6.45, 7) is 2.72. The molecule has 0 bridgehead atoms. The van der Waals surface area contributed by atoms with E-state index in [2.05, 4.69) is 0 Å². The lowest BCUT2D eigenvalue weighted by molar-refractivity contribution is -0.166. The first kappa shape index (κ1) is 33.2. The number of carbonyl (C=O) groups excluding carboxylic acids is 2. The molecule has 0 aliphatic carbocycles. The Balaban J connectivity index is 1.09. The van der Waals surface area contributed by atoms with Gasteiger partial charge in [0.25, 0.3) is 11.8 Å². The van der Waals surface area contributed by atoms with Crippen LogP contribution in [0.25, 0.3) is 0 Å². The maximum atomic E-state index is 13.4. The molecule has 0 spiro atoms. The fourth-order valence-electron chi connectivity index (χ4n) is 6.49. The number of amides is 2. The standard InChI is InChI=1S/C40H40N2O8/c43-39-37(49-29-13-3-1-4-14-29)35-31-17-7-9-19-33(31)47-23-11-12-24-48-34-20-10-8-18-32(34)36-38(50-30-15-5-2-6-16-30)40(44)42(36)22-26-46-28-27-45-25-21-41(35)39/h1-20,35-38H,21-28H2/b12-11-/t35-,36+,37+,38-. The Hall–Kier alpha value is -5.32. The Bertz CT molecular complexity index is 1640. The number of nitrogens with zero attached hydrogens (tertiary/aromatic N) is 2. The summed E-state index contributed by atoms with van der Waals surface area (Å²) in [5.41, 5.74) is 1.73. The number of rotatable bonds is 4. The fraction of sp³-hybridized carbons (Fsp3) is 0.300. The lowest BCUT2D eigenvalue weighted by Crippen LogP contribution is -2.62. The topological polar surface area (TPSA) is 96.0 Å². The minimum atomic E-state index is -0.689. The molecule has 0 saturated carbocycles. The van der Waals surface area contributed by atoms with Gasteiger partial charge in [-0.25, -0.2) is 0 Å². The zero-order chi connectivity index (χ0) is 34.1. The monoisotopic (exact) mass is 676 g/mol. The SMILES string of the molecule is O=C1[C@@H](Oc2ccccc2)[C@H]2c3ccccc3OC/C=C\COc3ccccc3[C@H]3[C@@H](Oc4ccccc4)C(=O)N3CCOCCOCCN12. The molecule has 0 unspecified atom stereocenters. The molecule has 2 fully saturated rings. The Labute approximate surface area is 291 Å². The van der Waals surface area contributed by atoms with Crippen LogP contribution in [0, 0.1) is 0 Å². The van der Waals surface area contributed by atoms with Gasteiger partial charge in [0.15, 0.2) is 0 Å². The second-order valence-electron chi connectivity index (χ2n) is 12.0. The average Bonchev–Trinajstić information content (AvgIpc) is 3.16. The zero-order valence-corrected chi connectivity index (χ0v) is 27.7. The third kappa shape index (κ3) is 7.31. The number of para-hydroxylation sites is 4. The van der Waals surface area contributed by atoms with Gasteiger partial charge in [0.05, 0.1) is 26.4 Å². The molecule has 50 heavy (non-hydrogen) atoms. The summed E-state index contributed by atoms with van der Waals surface area (Å²) >= 11 is 0. The average molecular weight is 677 g/mol. The van der Waals surface area contributed by atoms with Gasteiger partial charge >= 0.3 is 0 Å². The third-order valence-electron chi connectivity index (χ3n) is 8.95. The van der Waals surface area contributed by atoms with E-state index in [4.69, 9.17) is 28.4 Å². The molecule has 0 aromatic heterocycles. The number of carbonyl (C=O) groups is 2. The largest absolute Gasteiger partial charge is 0.489 e. The van der Waals surface area contributed by atoms with E-state index in [9.17, 15) is 9.59 Å². The van der Waals surface area contributed by atoms with E-state index in [0.717, 1.165) is 11.1 Å². The summed E-state index contributed by atoms with van der Waals surface area (Å²) in [5.74, 6) is 2.38. The van der Waals surface area contributed by atoms with E-state index in [1.54, 1.807) is 9.80 Å². The van der Waals surface area contributed by atoms with E-state index >= 15 is 0 Å². The van der Waals surface area contributed by atoms with Crippen LogP contribution in [0.2, 0.25) is 0 Å². The van der Waals surface area contributed by atoms with E-state index in [1.165, 1.54) is 0 Å². The van der Waals surface area contributed by atoms with Gasteiger partial charge in [-0.1, -0.05) is 72.8 Å². The smallest absolute Gasteiger partial charge is 0.266 e. The van der Waals surface area contributed by atoms with Gasteiger partial charge in [-0.3, -0.25) is 9.59 Å². The zero-order valence-electron chi connectivity index (χ0n) is 27.7. The van der Waals surface area contributed by atoms with Gasteiger partial charge in [-0.15, -0.1) is 0 Å². The van der Waals surface area contributed by atoms with Crippen molar-refractivity contribution < 1.29 is 38.0 Å². The van der Waals surface area contributed by atoms with Crippen LogP contribution in [0.15, 0.2) is 121 Å². The van der Waals surface area contributed by atoms with E-state index in [0.29, 0.717) is 75.7 Å². The third-order valence-corrected chi connectivity index (χ3v) is 8.95. The molecule has 3 heterocycles. The highest BCUT2D eigenvalue weighted by atomic mass is 16.5. The molecule has 4 atom stereocenters. The molecule has 3 aliphatic heterocycles. The van der Waals surface area contributed by atoms with Crippen LogP contribution in [0.3, 0.4) is 0 Å². The number of β-lactam (4-membered cyclic amide) rings is 2. The molecule has 7 rings (SSSR count).